The summed E-state index contributed by atoms with van der Waals surface area (Å²) in [4.78, 5) is 25.6. The van der Waals surface area contributed by atoms with E-state index < -0.39 is 0 Å². The molecule has 4 nitrogen and oxygen atoms in total. The number of carbonyl (C=O) groups excluding carboxylic acids is 2. The van der Waals surface area contributed by atoms with Crippen LogP contribution < -0.4 is 0 Å². The molecule has 5 aliphatic rings. The molecule has 156 valence electrons. The van der Waals surface area contributed by atoms with Crippen LogP contribution in [0.5, 0.6) is 0 Å². The summed E-state index contributed by atoms with van der Waals surface area (Å²) in [5.41, 5.74) is 0.0969. The Morgan fingerprint density at radius 1 is 1.04 bits per heavy atom. The van der Waals surface area contributed by atoms with Gasteiger partial charge in [0, 0.05) is 0 Å². The van der Waals surface area contributed by atoms with E-state index in [2.05, 4.69) is 34.6 Å². The second-order valence-corrected chi connectivity index (χ2v) is 11.9. The van der Waals surface area contributed by atoms with Crippen LogP contribution in [-0.4, -0.2) is 24.1 Å². The van der Waals surface area contributed by atoms with Gasteiger partial charge in [-0.25, -0.2) is 4.79 Å². The molecule has 2 bridgehead atoms. The average molecular weight is 389 g/mol. The molecule has 5 saturated carbocycles. The quantitative estimate of drug-likeness (QED) is 0.583. The molecule has 4 heteroatoms. The second-order valence-electron chi connectivity index (χ2n) is 11.9. The lowest BCUT2D eigenvalue weighted by atomic mass is 9.62. The molecule has 0 amide bonds. The molecule has 0 spiro atoms. The Bertz CT molecular complexity index is 715. The number of carbonyl (C=O) groups is 2. The van der Waals surface area contributed by atoms with Gasteiger partial charge in [-0.1, -0.05) is 34.6 Å². The van der Waals surface area contributed by atoms with Crippen molar-refractivity contribution in [1.82, 2.24) is 0 Å². The Hall–Kier alpha value is -1.06. The van der Waals surface area contributed by atoms with Crippen molar-refractivity contribution in [2.24, 2.45) is 39.4 Å². The minimum atomic E-state index is -0.378. The molecule has 0 N–H and O–H groups in total. The van der Waals surface area contributed by atoms with Crippen LogP contribution in [0.2, 0.25) is 0 Å². The predicted octanol–water partition coefficient (Wildman–Crippen LogP) is 4.89. The Balaban J connectivity index is 1.21. The van der Waals surface area contributed by atoms with Crippen molar-refractivity contribution in [3.8, 4) is 0 Å². The Morgan fingerprint density at radius 2 is 1.68 bits per heavy atom. The zero-order valence-corrected chi connectivity index (χ0v) is 18.2. The maximum atomic E-state index is 12.9. The first-order valence-corrected chi connectivity index (χ1v) is 11.5. The van der Waals surface area contributed by atoms with Crippen molar-refractivity contribution in [2.75, 3.05) is 6.61 Å². The molecule has 0 radical (unpaired) electrons. The molecule has 0 aliphatic heterocycles. The van der Waals surface area contributed by atoms with Gasteiger partial charge in [-0.3, -0.25) is 4.79 Å². The fourth-order valence-electron chi connectivity index (χ4n) is 8.02. The molecule has 0 aromatic carbocycles. The van der Waals surface area contributed by atoms with Crippen molar-refractivity contribution >= 4 is 11.9 Å². The summed E-state index contributed by atoms with van der Waals surface area (Å²) in [6.45, 7) is 10.9. The van der Waals surface area contributed by atoms with E-state index in [1.165, 1.54) is 19.3 Å². The summed E-state index contributed by atoms with van der Waals surface area (Å²) in [6, 6.07) is 0. The van der Waals surface area contributed by atoms with Crippen molar-refractivity contribution in [3.05, 3.63) is 0 Å². The largest absolute Gasteiger partial charge is 0.456 e. The van der Waals surface area contributed by atoms with E-state index in [-0.39, 0.29) is 45.8 Å². The molecule has 0 heterocycles. The first kappa shape index (κ1) is 18.9. The van der Waals surface area contributed by atoms with Gasteiger partial charge in [0.15, 0.2) is 6.61 Å². The molecular formula is C24H36O4. The predicted molar refractivity (Wildman–Crippen MR) is 105 cm³/mol. The van der Waals surface area contributed by atoms with Crippen LogP contribution in [0.3, 0.4) is 0 Å². The highest BCUT2D eigenvalue weighted by molar-refractivity contribution is 5.93. The smallest absolute Gasteiger partial charge is 0.344 e. The van der Waals surface area contributed by atoms with Gasteiger partial charge in [-0.2, -0.15) is 0 Å². The fraction of sp³-hybridized carbons (Fsp3) is 0.917. The number of hydrogen-bond donors (Lipinski definition) is 0. The number of fused-ring (bicyclic) bond motifs is 2. The molecule has 0 aromatic heterocycles. The average Bonchev–Trinajstić information content (AvgIpc) is 3.49. The second kappa shape index (κ2) is 5.35. The molecule has 3 unspecified atom stereocenters. The van der Waals surface area contributed by atoms with Crippen LogP contribution in [0.1, 0.15) is 86.0 Å². The molecular weight excluding hydrogens is 352 g/mol. The molecule has 5 aliphatic carbocycles. The zero-order valence-electron chi connectivity index (χ0n) is 18.2. The van der Waals surface area contributed by atoms with Gasteiger partial charge in [0.2, 0.25) is 0 Å². The Labute approximate surface area is 169 Å². The van der Waals surface area contributed by atoms with Crippen LogP contribution in [0.15, 0.2) is 0 Å². The van der Waals surface area contributed by atoms with Crippen molar-refractivity contribution < 1.29 is 19.1 Å². The van der Waals surface area contributed by atoms with E-state index in [0.717, 1.165) is 38.0 Å². The lowest BCUT2D eigenvalue weighted by Crippen LogP contribution is -2.49. The van der Waals surface area contributed by atoms with Crippen LogP contribution in [0, 0.1) is 39.4 Å². The normalized spacial score (nSPS) is 48.5. The van der Waals surface area contributed by atoms with Gasteiger partial charge < -0.3 is 9.47 Å². The first-order valence-electron chi connectivity index (χ1n) is 11.5. The molecule has 3 atom stereocenters. The highest BCUT2D eigenvalue weighted by atomic mass is 16.6. The van der Waals surface area contributed by atoms with Crippen molar-refractivity contribution in [3.63, 3.8) is 0 Å². The Morgan fingerprint density at radius 3 is 2.21 bits per heavy atom. The van der Waals surface area contributed by atoms with Gasteiger partial charge in [0.1, 0.15) is 5.60 Å². The number of ether oxygens (including phenoxy) is 2. The van der Waals surface area contributed by atoms with E-state index in [0.29, 0.717) is 11.8 Å². The van der Waals surface area contributed by atoms with Crippen LogP contribution in [-0.2, 0) is 19.1 Å². The van der Waals surface area contributed by atoms with Gasteiger partial charge in [0.05, 0.1) is 5.41 Å². The van der Waals surface area contributed by atoms with Gasteiger partial charge in [0.25, 0.3) is 0 Å². The first-order chi connectivity index (χ1) is 13.1. The minimum absolute atomic E-state index is 0.133. The maximum absolute atomic E-state index is 12.9. The number of esters is 2. The molecule has 5 fully saturated rings. The summed E-state index contributed by atoms with van der Waals surface area (Å²) in [7, 11) is 0. The standard InChI is InChI=1S/C24H36O4/c1-6-21(12-20(4,5)16-7-8-17(21)9-16)28-18(25)11-27-19(26)24(10-15(2)3)22-13-23(22,24)14-22/h15-17H,6-14H2,1-5H3. The molecule has 0 saturated heterocycles. The highest BCUT2D eigenvalue weighted by Gasteiger charge is 3.14. The van der Waals surface area contributed by atoms with Crippen LogP contribution >= 0.6 is 0 Å². The third kappa shape index (κ3) is 2.08. The Kier molecular flexibility index (Phi) is 3.62. The lowest BCUT2D eigenvalue weighted by molar-refractivity contribution is -0.188. The summed E-state index contributed by atoms with van der Waals surface area (Å²) in [6.07, 6.45) is 8.62. The summed E-state index contributed by atoms with van der Waals surface area (Å²) in [5.74, 6) is 1.20. The van der Waals surface area contributed by atoms with Gasteiger partial charge >= 0.3 is 11.9 Å². The third-order valence-corrected chi connectivity index (χ3v) is 9.78. The van der Waals surface area contributed by atoms with Crippen LogP contribution in [0.25, 0.3) is 0 Å². The monoisotopic (exact) mass is 388 g/mol. The van der Waals surface area contributed by atoms with Crippen LogP contribution in [0.4, 0.5) is 0 Å². The van der Waals surface area contributed by atoms with Gasteiger partial charge in [-0.15, -0.1) is 0 Å². The summed E-state index contributed by atoms with van der Waals surface area (Å²) < 4.78 is 11.7. The summed E-state index contributed by atoms with van der Waals surface area (Å²) >= 11 is 0. The molecule has 28 heavy (non-hydrogen) atoms. The molecule has 0 aromatic rings. The van der Waals surface area contributed by atoms with E-state index >= 15 is 0 Å². The number of hydrogen-bond acceptors (Lipinski definition) is 4. The van der Waals surface area contributed by atoms with E-state index in [1.54, 1.807) is 0 Å². The van der Waals surface area contributed by atoms with Crippen molar-refractivity contribution in [1.29, 1.82) is 0 Å². The third-order valence-electron chi connectivity index (χ3n) is 9.78. The van der Waals surface area contributed by atoms with E-state index in [1.807, 2.05) is 0 Å². The summed E-state index contributed by atoms with van der Waals surface area (Å²) in [5, 5.41) is 0. The van der Waals surface area contributed by atoms with Crippen molar-refractivity contribution in [2.45, 2.75) is 91.6 Å². The minimum Gasteiger partial charge on any atom is -0.456 e. The fourth-order valence-corrected chi connectivity index (χ4v) is 8.02. The number of rotatable bonds is 7. The van der Waals surface area contributed by atoms with Gasteiger partial charge in [-0.05, 0) is 85.4 Å². The molecule has 5 rings (SSSR count). The van der Waals surface area contributed by atoms with E-state index in [9.17, 15) is 9.59 Å². The zero-order chi connectivity index (χ0) is 20.2. The SMILES string of the molecule is CCC1(OC(=O)COC(=O)C2(CC(C)C)C34CC32C4)CC(C)(C)C2CCC1C2. The van der Waals surface area contributed by atoms with E-state index in [4.69, 9.17) is 9.47 Å². The lowest BCUT2D eigenvalue weighted by Gasteiger charge is -2.48. The topological polar surface area (TPSA) is 52.6 Å². The highest BCUT2D eigenvalue weighted by Crippen LogP contribution is 3.16. The maximum Gasteiger partial charge on any atom is 0.344 e.